The molecular formula is C23H28N2O2. The Kier molecular flexibility index (Phi) is 6.53. The normalized spacial score (nSPS) is 11.1. The third-order valence-electron chi connectivity index (χ3n) is 4.56. The van der Waals surface area contributed by atoms with E-state index in [1.165, 1.54) is 16.5 Å². The Morgan fingerprint density at radius 3 is 2.63 bits per heavy atom. The topological polar surface area (TPSA) is 54.1 Å². The lowest BCUT2D eigenvalue weighted by Gasteiger charge is -2.10. The first-order valence-electron chi connectivity index (χ1n) is 9.69. The Morgan fingerprint density at radius 2 is 1.85 bits per heavy atom. The number of rotatable bonds is 9. The predicted octanol–water partition coefficient (Wildman–Crippen LogP) is 4.64. The van der Waals surface area contributed by atoms with Gasteiger partial charge in [-0.05, 0) is 62.4 Å². The second kappa shape index (κ2) is 9.26. The summed E-state index contributed by atoms with van der Waals surface area (Å²) in [4.78, 5) is 15.3. The molecule has 0 radical (unpaired) electrons. The zero-order valence-corrected chi connectivity index (χ0v) is 16.1. The highest BCUT2D eigenvalue weighted by Crippen LogP contribution is 2.19. The lowest BCUT2D eigenvalue weighted by Crippen LogP contribution is -2.25. The maximum Gasteiger partial charge on any atom is 0.220 e. The molecule has 3 rings (SSSR count). The lowest BCUT2D eigenvalue weighted by atomic mass is 10.1. The first-order chi connectivity index (χ1) is 13.1. The molecule has 0 aliphatic rings. The number of carbonyl (C=O) groups excluding carboxylic acids is 1. The van der Waals surface area contributed by atoms with Crippen molar-refractivity contribution in [2.45, 2.75) is 45.6 Å². The fraction of sp³-hybridized carbons (Fsp3) is 0.348. The van der Waals surface area contributed by atoms with Crippen LogP contribution < -0.4 is 10.1 Å². The van der Waals surface area contributed by atoms with Crippen LogP contribution >= 0.6 is 0 Å². The van der Waals surface area contributed by atoms with Crippen LogP contribution in [0.15, 0.2) is 54.7 Å². The third-order valence-corrected chi connectivity index (χ3v) is 4.56. The molecule has 0 aliphatic heterocycles. The largest absolute Gasteiger partial charge is 0.491 e. The van der Waals surface area contributed by atoms with E-state index < -0.39 is 0 Å². The van der Waals surface area contributed by atoms with Crippen molar-refractivity contribution in [3.05, 3.63) is 65.9 Å². The van der Waals surface area contributed by atoms with E-state index in [4.69, 9.17) is 4.74 Å². The number of para-hydroxylation sites is 1. The highest BCUT2D eigenvalue weighted by Gasteiger charge is 2.05. The minimum absolute atomic E-state index is 0.120. The third kappa shape index (κ3) is 5.61. The zero-order valence-electron chi connectivity index (χ0n) is 16.1. The monoisotopic (exact) mass is 364 g/mol. The highest BCUT2D eigenvalue weighted by molar-refractivity contribution is 5.83. The number of aromatic amines is 1. The van der Waals surface area contributed by atoms with Crippen molar-refractivity contribution in [3.63, 3.8) is 0 Å². The first-order valence-corrected chi connectivity index (χ1v) is 9.69. The fourth-order valence-corrected chi connectivity index (χ4v) is 3.22. The molecule has 1 amide bonds. The van der Waals surface area contributed by atoms with Gasteiger partial charge in [0.15, 0.2) is 0 Å². The Balaban J connectivity index is 1.36. The summed E-state index contributed by atoms with van der Waals surface area (Å²) in [5.74, 6) is 1.00. The summed E-state index contributed by atoms with van der Waals surface area (Å²) in [5, 5.41) is 4.27. The quantitative estimate of drug-likeness (QED) is 0.581. The number of ether oxygens (including phenoxy) is 1. The van der Waals surface area contributed by atoms with E-state index in [0.29, 0.717) is 13.0 Å². The number of fused-ring (bicyclic) bond motifs is 1. The number of hydrogen-bond acceptors (Lipinski definition) is 2. The van der Waals surface area contributed by atoms with E-state index in [2.05, 4.69) is 40.8 Å². The van der Waals surface area contributed by atoms with Gasteiger partial charge < -0.3 is 15.0 Å². The van der Waals surface area contributed by atoms with Crippen molar-refractivity contribution in [3.8, 4) is 5.75 Å². The second-order valence-corrected chi connectivity index (χ2v) is 7.12. The smallest absolute Gasteiger partial charge is 0.220 e. The van der Waals surface area contributed by atoms with Gasteiger partial charge in [0.25, 0.3) is 0 Å². The predicted molar refractivity (Wildman–Crippen MR) is 110 cm³/mol. The van der Waals surface area contributed by atoms with Crippen LogP contribution in [0.2, 0.25) is 0 Å². The van der Waals surface area contributed by atoms with Crippen molar-refractivity contribution in [2.75, 3.05) is 6.54 Å². The summed E-state index contributed by atoms with van der Waals surface area (Å²) in [6.45, 7) is 4.69. The van der Waals surface area contributed by atoms with Gasteiger partial charge in [0.05, 0.1) is 6.10 Å². The van der Waals surface area contributed by atoms with Crippen molar-refractivity contribution in [2.24, 2.45) is 0 Å². The van der Waals surface area contributed by atoms with E-state index in [-0.39, 0.29) is 12.0 Å². The van der Waals surface area contributed by atoms with Gasteiger partial charge in [-0.15, -0.1) is 0 Å². The number of hydrogen-bond donors (Lipinski definition) is 2. The minimum Gasteiger partial charge on any atom is -0.491 e. The number of amides is 1. The molecule has 3 aromatic rings. The first kappa shape index (κ1) is 19.0. The van der Waals surface area contributed by atoms with Crippen LogP contribution in [0.3, 0.4) is 0 Å². The number of H-pyrrole nitrogens is 1. The molecule has 27 heavy (non-hydrogen) atoms. The van der Waals surface area contributed by atoms with Crippen molar-refractivity contribution in [1.29, 1.82) is 0 Å². The van der Waals surface area contributed by atoms with Crippen LogP contribution in [-0.2, 0) is 17.6 Å². The van der Waals surface area contributed by atoms with Gasteiger partial charge in [0.2, 0.25) is 5.91 Å². The molecule has 2 N–H and O–H groups in total. The van der Waals surface area contributed by atoms with Gasteiger partial charge in [0, 0.05) is 30.1 Å². The van der Waals surface area contributed by atoms with Crippen LogP contribution in [0.4, 0.5) is 0 Å². The summed E-state index contributed by atoms with van der Waals surface area (Å²) in [5.41, 5.74) is 3.63. The van der Waals surface area contributed by atoms with E-state index in [9.17, 15) is 4.79 Å². The standard InChI is InChI=1S/C23H28N2O2/c1-17(2)27-20-12-10-18(11-13-20)14-15-24-23(26)9-5-6-19-16-25-22-8-4-3-7-21(19)22/h3-4,7-8,10-13,16-17,25H,5-6,9,14-15H2,1-2H3,(H,24,26). The average Bonchev–Trinajstić information content (AvgIpc) is 3.06. The molecule has 2 aromatic carbocycles. The Morgan fingerprint density at radius 1 is 1.07 bits per heavy atom. The van der Waals surface area contributed by atoms with Crippen molar-refractivity contribution >= 4 is 16.8 Å². The lowest BCUT2D eigenvalue weighted by molar-refractivity contribution is -0.121. The number of aryl methyl sites for hydroxylation is 1. The van der Waals surface area contributed by atoms with E-state index >= 15 is 0 Å². The zero-order chi connectivity index (χ0) is 19.1. The molecule has 0 saturated heterocycles. The van der Waals surface area contributed by atoms with Crippen molar-refractivity contribution < 1.29 is 9.53 Å². The summed E-state index contributed by atoms with van der Waals surface area (Å²) >= 11 is 0. The molecule has 1 heterocycles. The Hall–Kier alpha value is -2.75. The van der Waals surface area contributed by atoms with Crippen LogP contribution in [0.5, 0.6) is 5.75 Å². The summed E-state index contributed by atoms with van der Waals surface area (Å²) in [6, 6.07) is 16.4. The van der Waals surface area contributed by atoms with Crippen molar-refractivity contribution in [1.82, 2.24) is 10.3 Å². The molecule has 0 fully saturated rings. The Bertz CT molecular complexity index is 865. The van der Waals surface area contributed by atoms with Crippen LogP contribution in [0, 0.1) is 0 Å². The SMILES string of the molecule is CC(C)Oc1ccc(CCNC(=O)CCCc2c[nH]c3ccccc23)cc1. The fourth-order valence-electron chi connectivity index (χ4n) is 3.22. The van der Waals surface area contributed by atoms with E-state index in [1.54, 1.807) is 0 Å². The number of carbonyl (C=O) groups is 1. The van der Waals surface area contributed by atoms with Gasteiger partial charge in [-0.3, -0.25) is 4.79 Å². The van der Waals surface area contributed by atoms with E-state index in [0.717, 1.165) is 30.5 Å². The Labute approximate surface area is 160 Å². The minimum atomic E-state index is 0.120. The summed E-state index contributed by atoms with van der Waals surface area (Å²) in [7, 11) is 0. The molecule has 0 bridgehead atoms. The van der Waals surface area contributed by atoms with Crippen LogP contribution in [0.1, 0.15) is 37.8 Å². The summed E-state index contributed by atoms with van der Waals surface area (Å²) < 4.78 is 5.64. The maximum absolute atomic E-state index is 12.1. The van der Waals surface area contributed by atoms with E-state index in [1.807, 2.05) is 38.1 Å². The van der Waals surface area contributed by atoms with Gasteiger partial charge in [-0.25, -0.2) is 0 Å². The molecule has 0 atom stereocenters. The maximum atomic E-state index is 12.1. The molecular weight excluding hydrogens is 336 g/mol. The molecule has 1 aromatic heterocycles. The highest BCUT2D eigenvalue weighted by atomic mass is 16.5. The number of nitrogens with one attached hydrogen (secondary N) is 2. The molecule has 4 nitrogen and oxygen atoms in total. The molecule has 0 unspecified atom stereocenters. The molecule has 0 aliphatic carbocycles. The average molecular weight is 364 g/mol. The summed E-state index contributed by atoms with van der Waals surface area (Å²) in [6.07, 6.45) is 5.38. The molecule has 0 spiro atoms. The van der Waals surface area contributed by atoms with Gasteiger partial charge in [-0.2, -0.15) is 0 Å². The molecule has 142 valence electrons. The molecule has 0 saturated carbocycles. The van der Waals surface area contributed by atoms with Crippen LogP contribution in [-0.4, -0.2) is 23.5 Å². The molecule has 4 heteroatoms. The van der Waals surface area contributed by atoms with Gasteiger partial charge >= 0.3 is 0 Å². The van der Waals surface area contributed by atoms with Gasteiger partial charge in [0.1, 0.15) is 5.75 Å². The second-order valence-electron chi connectivity index (χ2n) is 7.12. The number of aromatic nitrogens is 1. The van der Waals surface area contributed by atoms with Crippen LogP contribution in [0.25, 0.3) is 10.9 Å². The number of benzene rings is 2. The van der Waals surface area contributed by atoms with Gasteiger partial charge in [-0.1, -0.05) is 30.3 Å².